The maximum absolute atomic E-state index is 12.1. The van der Waals surface area contributed by atoms with E-state index in [1.807, 2.05) is 0 Å². The first kappa shape index (κ1) is 18.6. The Balaban J connectivity index is 2.51. The Morgan fingerprint density at radius 2 is 2.13 bits per heavy atom. The summed E-state index contributed by atoms with van der Waals surface area (Å²) in [5, 5.41) is 6.05. The van der Waals surface area contributed by atoms with Crippen LogP contribution in [0.5, 0.6) is 0 Å². The summed E-state index contributed by atoms with van der Waals surface area (Å²) in [6.45, 7) is 2.31. The van der Waals surface area contributed by atoms with Gasteiger partial charge in [-0.15, -0.1) is 0 Å². The maximum atomic E-state index is 12.1. The van der Waals surface area contributed by atoms with Gasteiger partial charge >= 0.3 is 5.97 Å². The van der Waals surface area contributed by atoms with Crippen LogP contribution in [0.25, 0.3) is 0 Å². The molecule has 23 heavy (non-hydrogen) atoms. The fourth-order valence-corrected chi connectivity index (χ4v) is 1.73. The Morgan fingerprint density at radius 1 is 1.35 bits per heavy atom. The predicted molar refractivity (Wildman–Crippen MR) is 79.5 cm³/mol. The van der Waals surface area contributed by atoms with E-state index >= 15 is 0 Å². The molecule has 128 valence electrons. The van der Waals surface area contributed by atoms with Gasteiger partial charge in [-0.05, 0) is 6.92 Å². The number of carbonyl (C=O) groups excluding carboxylic acids is 3. The highest BCUT2D eigenvalue weighted by atomic mass is 16.5. The van der Waals surface area contributed by atoms with Gasteiger partial charge in [0, 0.05) is 26.1 Å². The number of ether oxygens (including phenoxy) is 2. The fraction of sp³-hybridized carbons (Fsp3) is 0.571. The zero-order valence-electron chi connectivity index (χ0n) is 13.2. The van der Waals surface area contributed by atoms with Crippen LogP contribution >= 0.6 is 0 Å². The van der Waals surface area contributed by atoms with Crippen molar-refractivity contribution in [1.82, 2.24) is 10.1 Å². The molecule has 2 amide bonds. The van der Waals surface area contributed by atoms with Gasteiger partial charge in [-0.2, -0.15) is 0 Å². The van der Waals surface area contributed by atoms with Gasteiger partial charge in [0.05, 0.1) is 26.2 Å². The third-order valence-corrected chi connectivity index (χ3v) is 2.81. The molecule has 1 aromatic rings. The van der Waals surface area contributed by atoms with Crippen LogP contribution in [-0.4, -0.2) is 61.3 Å². The van der Waals surface area contributed by atoms with Gasteiger partial charge in [-0.3, -0.25) is 14.4 Å². The first-order valence-electron chi connectivity index (χ1n) is 7.19. The first-order chi connectivity index (χ1) is 11.1. The van der Waals surface area contributed by atoms with Crippen molar-refractivity contribution in [3.05, 3.63) is 12.3 Å². The Hall–Kier alpha value is -2.42. The molecular formula is C14H21N3O6. The highest BCUT2D eigenvalue weighted by Crippen LogP contribution is 2.04. The van der Waals surface area contributed by atoms with E-state index in [0.717, 1.165) is 0 Å². The fourth-order valence-electron chi connectivity index (χ4n) is 1.73. The zero-order chi connectivity index (χ0) is 17.1. The summed E-state index contributed by atoms with van der Waals surface area (Å²) in [7, 11) is 1.50. The monoisotopic (exact) mass is 327 g/mol. The quantitative estimate of drug-likeness (QED) is 0.620. The summed E-state index contributed by atoms with van der Waals surface area (Å²) >= 11 is 0. The Bertz CT molecular complexity index is 503. The number of aromatic nitrogens is 1. The van der Waals surface area contributed by atoms with E-state index in [0.29, 0.717) is 0 Å². The van der Waals surface area contributed by atoms with Crippen LogP contribution in [0.3, 0.4) is 0 Å². The molecular weight excluding hydrogens is 306 g/mol. The summed E-state index contributed by atoms with van der Waals surface area (Å²) < 4.78 is 14.3. The molecule has 0 bridgehead atoms. The second-order valence-electron chi connectivity index (χ2n) is 4.55. The number of nitrogens with zero attached hydrogens (tertiary/aromatic N) is 2. The molecule has 0 saturated carbocycles. The van der Waals surface area contributed by atoms with Crippen molar-refractivity contribution in [2.75, 3.05) is 38.7 Å². The Morgan fingerprint density at radius 3 is 2.74 bits per heavy atom. The highest BCUT2D eigenvalue weighted by Gasteiger charge is 2.18. The molecule has 1 rings (SSSR count). The highest BCUT2D eigenvalue weighted by molar-refractivity contribution is 5.94. The van der Waals surface area contributed by atoms with Crippen LogP contribution in [0.4, 0.5) is 5.82 Å². The van der Waals surface area contributed by atoms with E-state index in [4.69, 9.17) is 9.47 Å². The molecule has 0 radical (unpaired) electrons. The number of rotatable bonds is 10. The first-order valence-corrected chi connectivity index (χ1v) is 7.19. The third-order valence-electron chi connectivity index (χ3n) is 2.81. The summed E-state index contributed by atoms with van der Waals surface area (Å²) in [4.78, 5) is 36.7. The van der Waals surface area contributed by atoms with E-state index in [-0.39, 0.29) is 50.9 Å². The van der Waals surface area contributed by atoms with Crippen LogP contribution in [0.2, 0.25) is 0 Å². The molecule has 0 aliphatic heterocycles. The lowest BCUT2D eigenvalue weighted by molar-refractivity contribution is -0.146. The van der Waals surface area contributed by atoms with Crippen LogP contribution in [0, 0.1) is 0 Å². The van der Waals surface area contributed by atoms with E-state index in [9.17, 15) is 14.4 Å². The van der Waals surface area contributed by atoms with Crippen molar-refractivity contribution in [3.8, 4) is 0 Å². The van der Waals surface area contributed by atoms with Gasteiger partial charge in [-0.1, -0.05) is 5.16 Å². The molecule has 9 heteroatoms. The summed E-state index contributed by atoms with van der Waals surface area (Å²) in [6.07, 6.45) is 1.27. The lowest BCUT2D eigenvalue weighted by atomic mass is 10.2. The van der Waals surface area contributed by atoms with Crippen LogP contribution < -0.4 is 5.32 Å². The average molecular weight is 327 g/mol. The van der Waals surface area contributed by atoms with Crippen LogP contribution in [0.1, 0.15) is 19.8 Å². The molecule has 1 N–H and O–H groups in total. The van der Waals surface area contributed by atoms with Crippen molar-refractivity contribution in [2.45, 2.75) is 19.8 Å². The van der Waals surface area contributed by atoms with Gasteiger partial charge in [0.1, 0.15) is 6.26 Å². The van der Waals surface area contributed by atoms with Crippen molar-refractivity contribution >= 4 is 23.6 Å². The summed E-state index contributed by atoms with van der Waals surface area (Å²) in [5.74, 6) is -0.926. The van der Waals surface area contributed by atoms with Crippen molar-refractivity contribution < 1.29 is 28.4 Å². The largest absolute Gasteiger partial charge is 0.466 e. The van der Waals surface area contributed by atoms with E-state index in [1.165, 1.54) is 24.3 Å². The van der Waals surface area contributed by atoms with Crippen LogP contribution in [0.15, 0.2) is 16.9 Å². The lowest BCUT2D eigenvalue weighted by Crippen LogP contribution is -2.40. The lowest BCUT2D eigenvalue weighted by Gasteiger charge is -2.21. The smallest absolute Gasteiger partial charge is 0.306 e. The number of hydrogen-bond donors (Lipinski definition) is 1. The second-order valence-corrected chi connectivity index (χ2v) is 4.55. The standard InChI is InChI=1S/C14H21N3O6/c1-3-22-14(20)5-4-13(19)17(7-9-21-2)10-12(18)15-11-6-8-23-16-11/h6,8H,3-5,7,9-10H2,1-2H3,(H,15,16,18). The molecule has 1 heterocycles. The Labute approximate surface area is 133 Å². The number of nitrogens with one attached hydrogen (secondary N) is 1. The molecule has 0 atom stereocenters. The minimum absolute atomic E-state index is 0.0267. The topological polar surface area (TPSA) is 111 Å². The number of carbonyl (C=O) groups is 3. The molecule has 1 aromatic heterocycles. The van der Waals surface area contributed by atoms with E-state index in [1.54, 1.807) is 6.92 Å². The molecule has 0 spiro atoms. The van der Waals surface area contributed by atoms with Crippen LogP contribution in [-0.2, 0) is 23.9 Å². The SMILES string of the molecule is CCOC(=O)CCC(=O)N(CCOC)CC(=O)Nc1ccon1. The normalized spacial score (nSPS) is 10.2. The zero-order valence-corrected chi connectivity index (χ0v) is 13.2. The molecule has 0 fully saturated rings. The molecule has 0 aliphatic carbocycles. The number of anilines is 1. The molecule has 0 aromatic carbocycles. The van der Waals surface area contributed by atoms with Crippen molar-refractivity contribution in [3.63, 3.8) is 0 Å². The van der Waals surface area contributed by atoms with Gasteiger partial charge in [0.15, 0.2) is 5.82 Å². The van der Waals surface area contributed by atoms with Gasteiger partial charge < -0.3 is 24.2 Å². The predicted octanol–water partition coefficient (Wildman–Crippen LogP) is 0.431. The Kier molecular flexibility index (Phi) is 8.37. The molecule has 0 unspecified atom stereocenters. The van der Waals surface area contributed by atoms with Gasteiger partial charge in [0.2, 0.25) is 11.8 Å². The third kappa shape index (κ3) is 7.41. The number of esters is 1. The maximum Gasteiger partial charge on any atom is 0.306 e. The summed E-state index contributed by atoms with van der Waals surface area (Å²) in [5.41, 5.74) is 0. The van der Waals surface area contributed by atoms with Gasteiger partial charge in [0.25, 0.3) is 0 Å². The minimum Gasteiger partial charge on any atom is -0.466 e. The van der Waals surface area contributed by atoms with Crippen molar-refractivity contribution in [1.29, 1.82) is 0 Å². The number of methoxy groups -OCH3 is 1. The molecule has 0 aliphatic rings. The number of hydrogen-bond acceptors (Lipinski definition) is 7. The minimum atomic E-state index is -0.445. The summed E-state index contributed by atoms with van der Waals surface area (Å²) in [6, 6.07) is 1.49. The van der Waals surface area contributed by atoms with Crippen molar-refractivity contribution in [2.24, 2.45) is 0 Å². The second kappa shape index (κ2) is 10.3. The molecule has 9 nitrogen and oxygen atoms in total. The van der Waals surface area contributed by atoms with E-state index in [2.05, 4.69) is 15.0 Å². The molecule has 0 saturated heterocycles. The van der Waals surface area contributed by atoms with Gasteiger partial charge in [-0.25, -0.2) is 0 Å². The average Bonchev–Trinajstić information content (AvgIpc) is 3.02. The van der Waals surface area contributed by atoms with E-state index < -0.39 is 11.9 Å². The number of amides is 2.